The van der Waals surface area contributed by atoms with E-state index < -0.39 is 17.7 Å². The molecule has 1 unspecified atom stereocenters. The van der Waals surface area contributed by atoms with Crippen molar-refractivity contribution in [3.05, 3.63) is 23.8 Å². The number of benzene rings is 1. The van der Waals surface area contributed by atoms with Gasteiger partial charge in [-0.1, -0.05) is 13.0 Å². The molecule has 1 N–H and O–H groups in total. The number of rotatable bonds is 5. The zero-order valence-electron chi connectivity index (χ0n) is 15.3. The minimum atomic E-state index is -4.82. The lowest BCUT2D eigenvalue weighted by Gasteiger charge is -2.35. The highest BCUT2D eigenvalue weighted by molar-refractivity contribution is 8.00. The molecule has 1 aromatic carbocycles. The minimum absolute atomic E-state index is 0.00524. The fourth-order valence-electron chi connectivity index (χ4n) is 2.71. The molecular formula is C18H22F3NO4S. The molecule has 150 valence electrons. The molecule has 1 amide bonds. The standard InChI is InChI=1S/C18H22F3NO4S/c1-4-12-10-22(15(23)7-8-16(24)26-3)13-6-5-11(9-14(13)27-12)17(2,25)18(19,20)21/h5-6,9,12,25H,4,7-8,10H2,1-3H3/t12-,17?/m0/s1. The number of carbonyl (C=O) groups excluding carboxylic acids is 2. The van der Waals surface area contributed by atoms with Gasteiger partial charge in [0.1, 0.15) is 0 Å². The van der Waals surface area contributed by atoms with Crippen LogP contribution in [0, 0.1) is 0 Å². The van der Waals surface area contributed by atoms with Gasteiger partial charge in [0.2, 0.25) is 5.91 Å². The topological polar surface area (TPSA) is 66.8 Å². The SMILES string of the molecule is CC[C@H]1CN(C(=O)CCC(=O)OC)c2ccc(C(C)(O)C(F)(F)F)cc2S1. The Labute approximate surface area is 159 Å². The molecule has 0 fully saturated rings. The quantitative estimate of drug-likeness (QED) is 0.758. The van der Waals surface area contributed by atoms with E-state index in [9.17, 15) is 27.9 Å². The maximum absolute atomic E-state index is 13.1. The highest BCUT2D eigenvalue weighted by Gasteiger charge is 2.51. The van der Waals surface area contributed by atoms with Crippen LogP contribution in [0.4, 0.5) is 18.9 Å². The third-order valence-corrected chi connectivity index (χ3v) is 5.97. The van der Waals surface area contributed by atoms with Gasteiger partial charge in [-0.2, -0.15) is 13.2 Å². The second-order valence-electron chi connectivity index (χ2n) is 6.48. The molecule has 5 nitrogen and oxygen atoms in total. The number of aliphatic hydroxyl groups is 1. The Hall–Kier alpha value is -1.74. The first-order valence-electron chi connectivity index (χ1n) is 8.48. The molecule has 27 heavy (non-hydrogen) atoms. The van der Waals surface area contributed by atoms with E-state index in [1.165, 1.54) is 42.0 Å². The average molecular weight is 405 g/mol. The van der Waals surface area contributed by atoms with Gasteiger partial charge in [0.05, 0.1) is 19.2 Å². The Morgan fingerprint density at radius 2 is 2.00 bits per heavy atom. The van der Waals surface area contributed by atoms with Gasteiger partial charge >= 0.3 is 12.1 Å². The number of hydrogen-bond acceptors (Lipinski definition) is 5. The molecule has 0 radical (unpaired) electrons. The number of ether oxygens (including phenoxy) is 1. The summed E-state index contributed by atoms with van der Waals surface area (Å²) >= 11 is 1.38. The van der Waals surface area contributed by atoms with Crippen molar-refractivity contribution >= 4 is 29.3 Å². The van der Waals surface area contributed by atoms with Crippen LogP contribution in [0.1, 0.15) is 38.7 Å². The Morgan fingerprint density at radius 1 is 1.33 bits per heavy atom. The summed E-state index contributed by atoms with van der Waals surface area (Å²) in [6.07, 6.45) is -4.22. The van der Waals surface area contributed by atoms with E-state index in [0.717, 1.165) is 0 Å². The largest absolute Gasteiger partial charge is 0.469 e. The number of methoxy groups -OCH3 is 1. The summed E-state index contributed by atoms with van der Waals surface area (Å²) in [5.41, 5.74) is -2.78. The first-order chi connectivity index (χ1) is 12.5. The number of thioether (sulfide) groups is 1. The molecule has 0 aliphatic carbocycles. The van der Waals surface area contributed by atoms with Gasteiger partial charge in [0.25, 0.3) is 0 Å². The molecule has 0 bridgehead atoms. The summed E-state index contributed by atoms with van der Waals surface area (Å²) in [5.74, 6) is -0.797. The number of esters is 1. The number of anilines is 1. The average Bonchev–Trinajstić information content (AvgIpc) is 2.63. The van der Waals surface area contributed by atoms with Crippen molar-refractivity contribution in [3.8, 4) is 0 Å². The summed E-state index contributed by atoms with van der Waals surface area (Å²) in [7, 11) is 1.24. The molecule has 0 aromatic heterocycles. The van der Waals surface area contributed by atoms with Gasteiger partial charge in [-0.15, -0.1) is 11.8 Å². The van der Waals surface area contributed by atoms with E-state index in [-0.39, 0.29) is 29.6 Å². The third kappa shape index (κ3) is 4.57. The lowest BCUT2D eigenvalue weighted by molar-refractivity contribution is -0.258. The van der Waals surface area contributed by atoms with E-state index in [1.807, 2.05) is 6.92 Å². The molecule has 0 saturated carbocycles. The lowest BCUT2D eigenvalue weighted by Crippen LogP contribution is -2.41. The summed E-state index contributed by atoms with van der Waals surface area (Å²) in [4.78, 5) is 25.8. The Balaban J connectivity index is 2.35. The number of fused-ring (bicyclic) bond motifs is 1. The highest BCUT2D eigenvalue weighted by Crippen LogP contribution is 2.45. The molecule has 1 aliphatic heterocycles. The Bertz CT molecular complexity index is 721. The van der Waals surface area contributed by atoms with E-state index in [2.05, 4.69) is 4.74 Å². The van der Waals surface area contributed by atoms with E-state index in [1.54, 1.807) is 0 Å². The number of halogens is 3. The van der Waals surface area contributed by atoms with Gasteiger partial charge in [0.15, 0.2) is 5.60 Å². The van der Waals surface area contributed by atoms with Crippen LogP contribution in [0.25, 0.3) is 0 Å². The fourth-order valence-corrected chi connectivity index (χ4v) is 3.95. The molecule has 1 heterocycles. The van der Waals surface area contributed by atoms with Crippen molar-refractivity contribution in [2.45, 2.75) is 55.0 Å². The molecule has 0 spiro atoms. The molecule has 1 aromatic rings. The first kappa shape index (κ1) is 21.6. The first-order valence-corrected chi connectivity index (χ1v) is 9.36. The van der Waals surface area contributed by atoms with Crippen LogP contribution in [0.15, 0.2) is 23.1 Å². The van der Waals surface area contributed by atoms with Crippen molar-refractivity contribution in [3.63, 3.8) is 0 Å². The number of hydrogen-bond donors (Lipinski definition) is 1. The highest BCUT2D eigenvalue weighted by atomic mass is 32.2. The van der Waals surface area contributed by atoms with Crippen LogP contribution in [-0.4, -0.2) is 42.1 Å². The van der Waals surface area contributed by atoms with Crippen LogP contribution in [0.2, 0.25) is 0 Å². The number of amides is 1. The normalized spacial score (nSPS) is 19.2. The number of carbonyl (C=O) groups is 2. The Morgan fingerprint density at radius 3 is 2.56 bits per heavy atom. The van der Waals surface area contributed by atoms with E-state index >= 15 is 0 Å². The van der Waals surface area contributed by atoms with Gasteiger partial charge in [-0.05, 0) is 31.0 Å². The van der Waals surface area contributed by atoms with Gasteiger partial charge < -0.3 is 14.7 Å². The zero-order valence-corrected chi connectivity index (χ0v) is 16.1. The summed E-state index contributed by atoms with van der Waals surface area (Å²) in [6, 6.07) is 3.88. The molecule has 1 aliphatic rings. The van der Waals surface area contributed by atoms with Crippen LogP contribution in [-0.2, 0) is 19.9 Å². The van der Waals surface area contributed by atoms with Gasteiger partial charge in [-0.25, -0.2) is 0 Å². The van der Waals surface area contributed by atoms with Crippen LogP contribution in [0.5, 0.6) is 0 Å². The van der Waals surface area contributed by atoms with Crippen molar-refractivity contribution in [1.29, 1.82) is 0 Å². The van der Waals surface area contributed by atoms with Crippen molar-refractivity contribution < 1.29 is 32.6 Å². The van der Waals surface area contributed by atoms with Crippen molar-refractivity contribution in [2.24, 2.45) is 0 Å². The zero-order chi connectivity index (χ0) is 20.4. The number of nitrogens with zero attached hydrogens (tertiary/aromatic N) is 1. The fraction of sp³-hybridized carbons (Fsp3) is 0.556. The van der Waals surface area contributed by atoms with Gasteiger partial charge in [-0.3, -0.25) is 9.59 Å². The van der Waals surface area contributed by atoms with Crippen molar-refractivity contribution in [2.75, 3.05) is 18.6 Å². The Kier molecular flexibility index (Phi) is 6.47. The minimum Gasteiger partial charge on any atom is -0.469 e. The number of alkyl halides is 3. The molecule has 2 rings (SSSR count). The maximum atomic E-state index is 13.1. The predicted molar refractivity (Wildman–Crippen MR) is 95.6 cm³/mol. The monoisotopic (exact) mass is 405 g/mol. The smallest absolute Gasteiger partial charge is 0.421 e. The molecule has 2 atom stereocenters. The van der Waals surface area contributed by atoms with Crippen molar-refractivity contribution in [1.82, 2.24) is 0 Å². The second-order valence-corrected chi connectivity index (χ2v) is 7.82. The van der Waals surface area contributed by atoms with Gasteiger partial charge in [0, 0.05) is 23.1 Å². The van der Waals surface area contributed by atoms with Crippen LogP contribution >= 0.6 is 11.8 Å². The predicted octanol–water partition coefficient (Wildman–Crippen LogP) is 3.63. The summed E-state index contributed by atoms with van der Waals surface area (Å²) in [6.45, 7) is 3.04. The van der Waals surface area contributed by atoms with Crippen LogP contribution < -0.4 is 4.90 Å². The van der Waals surface area contributed by atoms with E-state index in [0.29, 0.717) is 30.5 Å². The van der Waals surface area contributed by atoms with Crippen LogP contribution in [0.3, 0.4) is 0 Å². The lowest BCUT2D eigenvalue weighted by atomic mass is 9.95. The second kappa shape index (κ2) is 8.10. The maximum Gasteiger partial charge on any atom is 0.421 e. The molecule has 9 heteroatoms. The molecular weight excluding hydrogens is 383 g/mol. The third-order valence-electron chi connectivity index (χ3n) is 4.57. The summed E-state index contributed by atoms with van der Waals surface area (Å²) < 4.78 is 44.0. The summed E-state index contributed by atoms with van der Waals surface area (Å²) in [5, 5.41) is 9.93. The molecule has 0 saturated heterocycles. The van der Waals surface area contributed by atoms with E-state index in [4.69, 9.17) is 0 Å².